The fourth-order valence-corrected chi connectivity index (χ4v) is 8.06. The van der Waals surface area contributed by atoms with Crippen LogP contribution in [0.3, 0.4) is 0 Å². The number of carbonyl (C=O) groups is 3. The van der Waals surface area contributed by atoms with E-state index >= 15 is 0 Å². The second-order valence-electron chi connectivity index (χ2n) is 13.7. The molecule has 1 aromatic heterocycles. The van der Waals surface area contributed by atoms with Crippen molar-refractivity contribution in [1.82, 2.24) is 19.5 Å². The van der Waals surface area contributed by atoms with Gasteiger partial charge in [0.25, 0.3) is 27.4 Å². The summed E-state index contributed by atoms with van der Waals surface area (Å²) in [6.45, 7) is 10.7. The quantitative estimate of drug-likeness (QED) is 0.252. The Morgan fingerprint density at radius 3 is 2.41 bits per heavy atom. The summed E-state index contributed by atoms with van der Waals surface area (Å²) in [6, 6.07) is 9.88. The second-order valence-corrected chi connectivity index (χ2v) is 15.6. The molecule has 3 aromatic rings. The average molecular weight is 696 g/mol. The van der Waals surface area contributed by atoms with Gasteiger partial charge in [-0.1, -0.05) is 38.1 Å². The lowest BCUT2D eigenvalue weighted by atomic mass is 9.82. The van der Waals surface area contributed by atoms with Crippen molar-refractivity contribution in [2.24, 2.45) is 0 Å². The van der Waals surface area contributed by atoms with Crippen molar-refractivity contribution in [2.75, 3.05) is 26.2 Å². The van der Waals surface area contributed by atoms with Crippen molar-refractivity contribution in [3.8, 4) is 5.75 Å². The first-order valence-corrected chi connectivity index (χ1v) is 17.1. The van der Waals surface area contributed by atoms with E-state index in [1.165, 1.54) is 40.4 Å². The maximum atomic E-state index is 14.3. The van der Waals surface area contributed by atoms with Gasteiger partial charge < -0.3 is 29.8 Å². The molecule has 3 heterocycles. The number of aryl methyl sites for hydroxylation is 1. The van der Waals surface area contributed by atoms with Gasteiger partial charge in [-0.05, 0) is 56.9 Å². The number of benzene rings is 2. The fourth-order valence-electron chi connectivity index (χ4n) is 6.58. The number of amides is 2. The van der Waals surface area contributed by atoms with E-state index in [1.54, 1.807) is 32.9 Å². The number of piperazine rings is 1. The first kappa shape index (κ1) is 34.1. The van der Waals surface area contributed by atoms with Crippen LogP contribution in [0.1, 0.15) is 83.6 Å². The Hall–Kier alpha value is -4.80. The summed E-state index contributed by atoms with van der Waals surface area (Å²) in [7, 11) is -4.17. The molecule has 0 radical (unpaired) electrons. The lowest BCUT2D eigenvalue weighted by Crippen LogP contribution is -2.60. The van der Waals surface area contributed by atoms with Crippen molar-refractivity contribution in [2.45, 2.75) is 69.4 Å². The molecule has 2 atom stereocenters. The number of hydrogen-bond donors (Lipinski definition) is 3. The van der Waals surface area contributed by atoms with E-state index in [1.807, 2.05) is 13.8 Å². The van der Waals surface area contributed by atoms with Gasteiger partial charge in [0.05, 0.1) is 4.92 Å². The summed E-state index contributed by atoms with van der Waals surface area (Å²) in [5.41, 5.74) is -3.35. The van der Waals surface area contributed by atoms with Crippen LogP contribution in [0.2, 0.25) is 0 Å². The minimum atomic E-state index is -4.17. The highest BCUT2D eigenvalue weighted by Gasteiger charge is 2.73. The van der Waals surface area contributed by atoms with Crippen molar-refractivity contribution in [1.29, 1.82) is 0 Å². The van der Waals surface area contributed by atoms with Crippen LogP contribution in [0.25, 0.3) is 0 Å². The highest BCUT2D eigenvalue weighted by atomic mass is 32.2. The Balaban J connectivity index is 1.34. The summed E-state index contributed by atoms with van der Waals surface area (Å²) in [5.74, 6) is -4.42. The van der Waals surface area contributed by atoms with E-state index in [2.05, 4.69) is 10.3 Å². The molecule has 49 heavy (non-hydrogen) atoms. The number of carbonyl (C=O) groups excluding carboxylic acids is 3. The number of nitrogens with zero attached hydrogens (tertiary/aromatic N) is 3. The van der Waals surface area contributed by atoms with Gasteiger partial charge in [-0.3, -0.25) is 19.7 Å². The molecule has 2 aliphatic heterocycles. The molecule has 6 rings (SSSR count). The number of fused-ring (bicyclic) bond motifs is 5. The maximum Gasteiger partial charge on any atom is 0.410 e. The van der Waals surface area contributed by atoms with Crippen LogP contribution in [0.5, 0.6) is 5.75 Å². The summed E-state index contributed by atoms with van der Waals surface area (Å²) >= 11 is 0. The van der Waals surface area contributed by atoms with Crippen molar-refractivity contribution in [3.05, 3.63) is 86.1 Å². The van der Waals surface area contributed by atoms with Crippen molar-refractivity contribution < 1.29 is 42.3 Å². The fraction of sp³-hybridized carbons (Fsp3) is 0.424. The standard InChI is InChI=1S/C33H37N5O10S/c1-18(2)20-10-11-22-24(17-20)47-33(42)26-21(8-7-9-23(26)38(43)44)28(39)32(22,33)35-29(40)27-19(3)16-25(34-27)49(45,46)37-14-12-36(13-15-37)30(41)48-31(4,5)6/h7-11,16-18,34,42H,12-15H2,1-6H3,(H,35,40). The van der Waals surface area contributed by atoms with E-state index < -0.39 is 60.9 Å². The number of sulfonamides is 1. The van der Waals surface area contributed by atoms with Gasteiger partial charge >= 0.3 is 6.09 Å². The number of ether oxygens (including phenoxy) is 2. The molecular weight excluding hydrogens is 658 g/mol. The monoisotopic (exact) mass is 695 g/mol. The minimum Gasteiger partial charge on any atom is -0.454 e. The predicted octanol–water partition coefficient (Wildman–Crippen LogP) is 3.66. The molecule has 260 valence electrons. The molecule has 2 amide bonds. The number of rotatable bonds is 6. The van der Waals surface area contributed by atoms with Gasteiger partial charge in [0.15, 0.2) is 0 Å². The topological polar surface area (TPSA) is 201 Å². The molecule has 3 aliphatic rings. The zero-order chi connectivity index (χ0) is 35.8. The van der Waals surface area contributed by atoms with E-state index in [4.69, 9.17) is 9.47 Å². The number of H-pyrrole nitrogens is 1. The third kappa shape index (κ3) is 5.25. The largest absolute Gasteiger partial charge is 0.454 e. The molecule has 3 N–H and O–H groups in total. The van der Waals surface area contributed by atoms with E-state index in [0.29, 0.717) is 0 Å². The third-order valence-electron chi connectivity index (χ3n) is 9.03. The Bertz CT molecular complexity index is 2030. The maximum absolute atomic E-state index is 14.3. The Morgan fingerprint density at radius 2 is 1.80 bits per heavy atom. The molecule has 1 saturated heterocycles. The molecule has 1 fully saturated rings. The first-order valence-electron chi connectivity index (χ1n) is 15.7. The number of aliphatic hydroxyl groups is 1. The highest BCUT2D eigenvalue weighted by molar-refractivity contribution is 7.89. The number of aromatic amines is 1. The zero-order valence-corrected chi connectivity index (χ0v) is 28.6. The molecule has 1 aliphatic carbocycles. The van der Waals surface area contributed by atoms with Gasteiger partial charge in [-0.25, -0.2) is 13.2 Å². The Morgan fingerprint density at radius 1 is 1.12 bits per heavy atom. The number of ketones is 1. The van der Waals surface area contributed by atoms with E-state index in [0.717, 1.165) is 11.6 Å². The molecular formula is C33H37N5O10S. The molecule has 2 unspecified atom stereocenters. The number of hydrogen-bond acceptors (Lipinski definition) is 10. The number of nitro groups is 1. The zero-order valence-electron chi connectivity index (χ0n) is 27.8. The Kier molecular flexibility index (Phi) is 7.92. The smallest absolute Gasteiger partial charge is 0.410 e. The van der Waals surface area contributed by atoms with Crippen LogP contribution in [0.15, 0.2) is 47.5 Å². The predicted molar refractivity (Wildman–Crippen MR) is 174 cm³/mol. The first-order chi connectivity index (χ1) is 22.8. The summed E-state index contributed by atoms with van der Waals surface area (Å²) < 4.78 is 39.9. The van der Waals surface area contributed by atoms with Crippen LogP contribution < -0.4 is 10.1 Å². The molecule has 0 spiro atoms. The SMILES string of the molecule is Cc1cc(S(=O)(=O)N2CCN(C(=O)OC(C)(C)C)CC2)[nH]c1C(=O)NC12C(=O)c3cccc([N+](=O)[O-])c3C1(O)Oc1cc(C(C)C)ccc12. The van der Waals surface area contributed by atoms with Crippen LogP contribution in [-0.4, -0.2) is 82.2 Å². The normalized spacial score (nSPS) is 22.0. The van der Waals surface area contributed by atoms with Gasteiger partial charge in [-0.15, -0.1) is 0 Å². The lowest BCUT2D eigenvalue weighted by molar-refractivity contribution is -0.388. The molecule has 2 aromatic carbocycles. The molecule has 16 heteroatoms. The number of nitrogens with one attached hydrogen (secondary N) is 2. The third-order valence-corrected chi connectivity index (χ3v) is 10.9. The van der Waals surface area contributed by atoms with Gasteiger partial charge in [0.1, 0.15) is 27.6 Å². The van der Waals surface area contributed by atoms with E-state index in [9.17, 15) is 38.0 Å². The van der Waals surface area contributed by atoms with E-state index in [-0.39, 0.29) is 65.3 Å². The summed E-state index contributed by atoms with van der Waals surface area (Å²) in [5, 5.41) is 26.7. The molecule has 0 bridgehead atoms. The highest BCUT2D eigenvalue weighted by Crippen LogP contribution is 2.60. The number of aromatic nitrogens is 1. The van der Waals surface area contributed by atoms with Gasteiger partial charge in [0.2, 0.25) is 11.3 Å². The van der Waals surface area contributed by atoms with Crippen molar-refractivity contribution >= 4 is 33.5 Å². The second kappa shape index (κ2) is 11.4. The van der Waals surface area contributed by atoms with Gasteiger partial charge in [-0.2, -0.15) is 4.31 Å². The van der Waals surface area contributed by atoms with Crippen LogP contribution in [0, 0.1) is 17.0 Å². The average Bonchev–Trinajstić information content (AvgIpc) is 3.60. The van der Waals surface area contributed by atoms with Gasteiger partial charge in [0, 0.05) is 43.4 Å². The van der Waals surface area contributed by atoms with Crippen LogP contribution in [0.4, 0.5) is 10.5 Å². The number of nitro benzene ring substituents is 1. The Labute approximate surface area is 282 Å². The van der Waals surface area contributed by atoms with Crippen LogP contribution in [-0.2, 0) is 26.1 Å². The molecule has 15 nitrogen and oxygen atoms in total. The number of Topliss-reactive ketones (excluding diaryl/α,β-unsaturated/α-hetero) is 1. The van der Waals surface area contributed by atoms with Crippen LogP contribution >= 0.6 is 0 Å². The summed E-state index contributed by atoms with van der Waals surface area (Å²) in [6.07, 6.45) is -0.551. The molecule has 0 saturated carbocycles. The summed E-state index contributed by atoms with van der Waals surface area (Å²) in [4.78, 5) is 56.3. The lowest BCUT2D eigenvalue weighted by Gasteiger charge is -2.34. The minimum absolute atomic E-state index is 0.0185. The van der Waals surface area contributed by atoms with Crippen molar-refractivity contribution in [3.63, 3.8) is 0 Å².